The third-order valence-corrected chi connectivity index (χ3v) is 13.4. The van der Waals surface area contributed by atoms with Crippen molar-refractivity contribution in [1.29, 1.82) is 0 Å². The molecule has 2 atom stereocenters. The largest absolute Gasteiger partial charge is 0.545 e. The van der Waals surface area contributed by atoms with Crippen LogP contribution >= 0.6 is 0 Å². The van der Waals surface area contributed by atoms with Gasteiger partial charge in [-0.15, -0.1) is 0 Å². The van der Waals surface area contributed by atoms with Gasteiger partial charge in [0, 0.05) is 12.8 Å². The van der Waals surface area contributed by atoms with E-state index in [4.69, 9.17) is 18.9 Å². The van der Waals surface area contributed by atoms with Gasteiger partial charge < -0.3 is 33.3 Å². The molecular weight excluding hydrogens is 839 g/mol. The Morgan fingerprint density at radius 1 is 0.388 bits per heavy atom. The van der Waals surface area contributed by atoms with E-state index in [0.29, 0.717) is 17.4 Å². The van der Waals surface area contributed by atoms with Gasteiger partial charge in [0.1, 0.15) is 13.2 Å². The molecule has 0 aliphatic heterocycles. The number of quaternary nitrogens is 1. The molecule has 0 heterocycles. The van der Waals surface area contributed by atoms with Gasteiger partial charge in [-0.05, 0) is 12.8 Å². The number of aliphatic carboxylic acids is 1. The number of likely N-dealkylation sites (N-methyl/N-ethyl adjacent to an activating group) is 1. The molecule has 0 aromatic rings. The fourth-order valence-corrected chi connectivity index (χ4v) is 8.83. The summed E-state index contributed by atoms with van der Waals surface area (Å²) in [6.45, 7) is 4.82. The maximum Gasteiger partial charge on any atom is 0.306 e. The maximum absolute atomic E-state index is 12.9. The Bertz CT molecular complexity index is 1060. The zero-order valence-corrected chi connectivity index (χ0v) is 45.3. The number of esters is 2. The van der Waals surface area contributed by atoms with E-state index in [9.17, 15) is 19.5 Å². The number of hydrogen-bond acceptors (Lipinski definition) is 8. The summed E-state index contributed by atoms with van der Waals surface area (Å²) in [6, 6.07) is 0. The lowest BCUT2D eigenvalue weighted by molar-refractivity contribution is -0.870. The van der Waals surface area contributed by atoms with Gasteiger partial charge in [0.05, 0.1) is 40.3 Å². The van der Waals surface area contributed by atoms with Crippen molar-refractivity contribution in [3.05, 3.63) is 0 Å². The van der Waals surface area contributed by atoms with Crippen molar-refractivity contribution >= 4 is 17.9 Å². The van der Waals surface area contributed by atoms with Gasteiger partial charge in [-0.2, -0.15) is 0 Å². The van der Waals surface area contributed by atoms with Crippen LogP contribution in [-0.2, 0) is 33.3 Å². The number of hydrogen-bond donors (Lipinski definition) is 0. The number of ether oxygens (including phenoxy) is 4. The molecule has 0 N–H and O–H groups in total. The standard InChI is InChI=1S/C58H113NO8/c1-6-8-10-12-14-16-18-20-22-24-26-28-30-32-34-36-38-40-42-44-46-48-55(60)65-52-54(53-66-58(57(62)63)64-51-50-59(3,4)5)67-56(61)49-47-45-43-41-39-37-35-33-31-29-27-25-23-21-19-17-15-13-11-9-7-2/h54,58H,6-53H2,1-5H3. The summed E-state index contributed by atoms with van der Waals surface area (Å²) in [6.07, 6.45) is 52.9. The molecule has 0 aromatic carbocycles. The van der Waals surface area contributed by atoms with Crippen LogP contribution in [0.3, 0.4) is 0 Å². The van der Waals surface area contributed by atoms with Crippen molar-refractivity contribution in [2.75, 3.05) is 47.5 Å². The molecule has 0 fully saturated rings. The normalized spacial score (nSPS) is 12.7. The third kappa shape index (κ3) is 52.0. The zero-order chi connectivity index (χ0) is 49.2. The van der Waals surface area contributed by atoms with Gasteiger partial charge in [-0.1, -0.05) is 271 Å². The van der Waals surface area contributed by atoms with E-state index in [2.05, 4.69) is 13.8 Å². The van der Waals surface area contributed by atoms with Crippen LogP contribution in [0.4, 0.5) is 0 Å². The molecule has 9 heteroatoms. The summed E-state index contributed by atoms with van der Waals surface area (Å²) >= 11 is 0. The number of rotatable bonds is 55. The fourth-order valence-electron chi connectivity index (χ4n) is 8.83. The number of carboxylic acids is 1. The molecule has 2 unspecified atom stereocenters. The van der Waals surface area contributed by atoms with Crippen LogP contribution in [0.25, 0.3) is 0 Å². The number of carbonyl (C=O) groups is 3. The smallest absolute Gasteiger partial charge is 0.306 e. The molecule has 67 heavy (non-hydrogen) atoms. The first-order valence-electron chi connectivity index (χ1n) is 29.2. The molecule has 0 aromatic heterocycles. The van der Waals surface area contributed by atoms with E-state index in [1.807, 2.05) is 21.1 Å². The Morgan fingerprint density at radius 3 is 0.955 bits per heavy atom. The van der Waals surface area contributed by atoms with Crippen LogP contribution in [0.2, 0.25) is 0 Å². The van der Waals surface area contributed by atoms with Crippen molar-refractivity contribution in [2.45, 2.75) is 309 Å². The van der Waals surface area contributed by atoms with Gasteiger partial charge in [0.2, 0.25) is 0 Å². The first kappa shape index (κ1) is 65.3. The van der Waals surface area contributed by atoms with Crippen LogP contribution in [-0.4, -0.2) is 82.3 Å². The van der Waals surface area contributed by atoms with Crippen molar-refractivity contribution in [3.63, 3.8) is 0 Å². The highest BCUT2D eigenvalue weighted by Crippen LogP contribution is 2.18. The van der Waals surface area contributed by atoms with Crippen LogP contribution < -0.4 is 5.11 Å². The lowest BCUT2D eigenvalue weighted by atomic mass is 10.0. The summed E-state index contributed by atoms with van der Waals surface area (Å²) in [5, 5.41) is 11.8. The van der Waals surface area contributed by atoms with Gasteiger partial charge in [-0.3, -0.25) is 9.59 Å². The first-order valence-corrected chi connectivity index (χ1v) is 29.2. The molecule has 398 valence electrons. The SMILES string of the molecule is CCCCCCCCCCCCCCCCCCCCCCCC(=O)OCC(COC(OCC[N+](C)(C)C)C(=O)[O-])OC(=O)CCCCCCCCCCCCCCCCCCCCCCC. The number of carboxylic acid groups (broad SMARTS) is 1. The summed E-state index contributed by atoms with van der Waals surface area (Å²) in [7, 11) is 5.94. The predicted molar refractivity (Wildman–Crippen MR) is 279 cm³/mol. The minimum Gasteiger partial charge on any atom is -0.545 e. The van der Waals surface area contributed by atoms with Gasteiger partial charge >= 0.3 is 11.9 Å². The highest BCUT2D eigenvalue weighted by Gasteiger charge is 2.22. The molecule has 9 nitrogen and oxygen atoms in total. The number of carbonyl (C=O) groups excluding carboxylic acids is 3. The van der Waals surface area contributed by atoms with Crippen molar-refractivity contribution in [3.8, 4) is 0 Å². The molecule has 0 aliphatic rings. The number of nitrogens with zero attached hydrogens (tertiary/aromatic N) is 1. The van der Waals surface area contributed by atoms with Gasteiger partial charge in [0.25, 0.3) is 0 Å². The molecule has 0 radical (unpaired) electrons. The Labute approximate surface area is 415 Å². The van der Waals surface area contributed by atoms with Crippen molar-refractivity contribution in [1.82, 2.24) is 0 Å². The molecule has 0 amide bonds. The van der Waals surface area contributed by atoms with Crippen molar-refractivity contribution < 1.29 is 42.9 Å². The second-order valence-electron chi connectivity index (χ2n) is 21.3. The average molecular weight is 953 g/mol. The minimum absolute atomic E-state index is 0.153. The molecule has 0 aliphatic carbocycles. The highest BCUT2D eigenvalue weighted by molar-refractivity contribution is 5.70. The van der Waals surface area contributed by atoms with Crippen LogP contribution in [0.5, 0.6) is 0 Å². The molecule has 0 saturated carbocycles. The highest BCUT2D eigenvalue weighted by atomic mass is 16.7. The number of unbranched alkanes of at least 4 members (excludes halogenated alkanes) is 40. The monoisotopic (exact) mass is 952 g/mol. The third-order valence-electron chi connectivity index (χ3n) is 13.4. The van der Waals surface area contributed by atoms with Crippen LogP contribution in [0, 0.1) is 0 Å². The van der Waals surface area contributed by atoms with Crippen molar-refractivity contribution in [2.24, 2.45) is 0 Å². The van der Waals surface area contributed by atoms with E-state index in [1.165, 1.54) is 231 Å². The van der Waals surface area contributed by atoms with E-state index in [1.54, 1.807) is 0 Å². The lowest BCUT2D eigenvalue weighted by Crippen LogP contribution is -2.44. The first-order chi connectivity index (χ1) is 32.6. The summed E-state index contributed by atoms with van der Waals surface area (Å²) < 4.78 is 22.7. The zero-order valence-electron chi connectivity index (χ0n) is 45.3. The second-order valence-corrected chi connectivity index (χ2v) is 21.3. The Morgan fingerprint density at radius 2 is 0.672 bits per heavy atom. The molecule has 0 spiro atoms. The molecule has 0 saturated heterocycles. The molecule has 0 bridgehead atoms. The lowest BCUT2D eigenvalue weighted by Gasteiger charge is -2.26. The quantitative estimate of drug-likeness (QED) is 0.0256. The van der Waals surface area contributed by atoms with Gasteiger partial charge in [0.15, 0.2) is 12.4 Å². The van der Waals surface area contributed by atoms with Crippen LogP contribution in [0.15, 0.2) is 0 Å². The average Bonchev–Trinajstić information content (AvgIpc) is 3.29. The Balaban J connectivity index is 4.19. The summed E-state index contributed by atoms with van der Waals surface area (Å²) in [4.78, 5) is 37.3. The van der Waals surface area contributed by atoms with E-state index in [-0.39, 0.29) is 32.2 Å². The predicted octanol–water partition coefficient (Wildman–Crippen LogP) is 15.5. The maximum atomic E-state index is 12.9. The topological polar surface area (TPSA) is 111 Å². The molecular formula is C58H113NO8. The fraction of sp³-hybridized carbons (Fsp3) is 0.948. The van der Waals surface area contributed by atoms with E-state index < -0.39 is 24.3 Å². The summed E-state index contributed by atoms with van der Waals surface area (Å²) in [5.41, 5.74) is 0. The minimum atomic E-state index is -1.61. The Kier molecular flexibility index (Phi) is 49.4. The second kappa shape index (κ2) is 50.7. The van der Waals surface area contributed by atoms with E-state index >= 15 is 0 Å². The van der Waals surface area contributed by atoms with Crippen LogP contribution in [0.1, 0.15) is 296 Å². The Hall–Kier alpha value is -1.71. The summed E-state index contributed by atoms with van der Waals surface area (Å²) in [5.74, 6) is -2.25. The van der Waals surface area contributed by atoms with Gasteiger partial charge in [-0.25, -0.2) is 0 Å². The van der Waals surface area contributed by atoms with E-state index in [0.717, 1.165) is 38.5 Å². The molecule has 0 rings (SSSR count).